The first kappa shape index (κ1) is 12.9. The summed E-state index contributed by atoms with van der Waals surface area (Å²) < 4.78 is 0. The van der Waals surface area contributed by atoms with E-state index in [-0.39, 0.29) is 0 Å². The van der Waals surface area contributed by atoms with Crippen LogP contribution in [0, 0.1) is 0 Å². The van der Waals surface area contributed by atoms with Crippen LogP contribution in [-0.4, -0.2) is 17.8 Å². The lowest BCUT2D eigenvalue weighted by Crippen LogP contribution is -2.28. The summed E-state index contributed by atoms with van der Waals surface area (Å²) in [4.78, 5) is 1.24. The lowest BCUT2D eigenvalue weighted by atomic mass is 10.3. The predicted octanol–water partition coefficient (Wildman–Crippen LogP) is 3.82. The second-order valence-corrected chi connectivity index (χ2v) is 5.90. The van der Waals surface area contributed by atoms with Gasteiger partial charge in [-0.1, -0.05) is 38.4 Å². The Hall–Kier alpha value is -0.180. The maximum absolute atomic E-state index is 5.93. The number of thioether (sulfide) groups is 1. The van der Waals surface area contributed by atoms with E-state index >= 15 is 0 Å². The molecule has 0 aliphatic carbocycles. The molecule has 0 spiro atoms. The first-order chi connectivity index (χ1) is 7.08. The van der Waals surface area contributed by atoms with Crippen molar-refractivity contribution in [2.24, 2.45) is 0 Å². The second kappa shape index (κ2) is 6.41. The van der Waals surface area contributed by atoms with Gasteiger partial charge in [-0.15, -0.1) is 11.8 Å². The fourth-order valence-corrected chi connectivity index (χ4v) is 2.47. The molecule has 1 rings (SSSR count). The Morgan fingerprint density at radius 3 is 2.67 bits per heavy atom. The molecule has 1 nitrogen and oxygen atoms in total. The SMILES string of the molecule is CC(C)NCC(C)Sc1cccc(Cl)c1. The number of benzene rings is 1. The molecule has 0 fully saturated rings. The zero-order valence-corrected chi connectivity index (χ0v) is 11.0. The lowest BCUT2D eigenvalue weighted by molar-refractivity contribution is 0.589. The Morgan fingerprint density at radius 1 is 1.33 bits per heavy atom. The first-order valence-corrected chi connectivity index (χ1v) is 6.49. The summed E-state index contributed by atoms with van der Waals surface area (Å²) in [5, 5.41) is 4.80. The fraction of sp³-hybridized carbons (Fsp3) is 0.500. The standard InChI is InChI=1S/C12H18ClNS/c1-9(2)14-8-10(3)15-12-6-4-5-11(13)7-12/h4-7,9-10,14H,8H2,1-3H3. The molecular weight excluding hydrogens is 226 g/mol. The summed E-state index contributed by atoms with van der Waals surface area (Å²) in [5.41, 5.74) is 0. The monoisotopic (exact) mass is 243 g/mol. The van der Waals surface area contributed by atoms with Gasteiger partial charge in [0.15, 0.2) is 0 Å². The number of hydrogen-bond acceptors (Lipinski definition) is 2. The Morgan fingerprint density at radius 2 is 2.07 bits per heavy atom. The van der Waals surface area contributed by atoms with Crippen molar-refractivity contribution in [3.8, 4) is 0 Å². The maximum atomic E-state index is 5.93. The van der Waals surface area contributed by atoms with Gasteiger partial charge in [0.05, 0.1) is 0 Å². The van der Waals surface area contributed by atoms with E-state index in [1.807, 2.05) is 30.0 Å². The molecule has 15 heavy (non-hydrogen) atoms. The van der Waals surface area contributed by atoms with Crippen LogP contribution in [0.4, 0.5) is 0 Å². The summed E-state index contributed by atoms with van der Waals surface area (Å²) in [6, 6.07) is 8.56. The average Bonchev–Trinajstić information content (AvgIpc) is 2.15. The van der Waals surface area contributed by atoms with E-state index in [0.717, 1.165) is 11.6 Å². The van der Waals surface area contributed by atoms with Crippen molar-refractivity contribution in [3.63, 3.8) is 0 Å². The van der Waals surface area contributed by atoms with Gasteiger partial charge in [-0.05, 0) is 18.2 Å². The molecule has 0 aliphatic rings. The third-order valence-corrected chi connectivity index (χ3v) is 3.28. The summed E-state index contributed by atoms with van der Waals surface area (Å²) in [7, 11) is 0. The Balaban J connectivity index is 2.40. The fourth-order valence-electron chi connectivity index (χ4n) is 1.22. The van der Waals surface area contributed by atoms with Crippen molar-refractivity contribution in [1.29, 1.82) is 0 Å². The van der Waals surface area contributed by atoms with Gasteiger partial charge in [-0.3, -0.25) is 0 Å². The molecule has 0 saturated heterocycles. The number of hydrogen-bond donors (Lipinski definition) is 1. The van der Waals surface area contributed by atoms with E-state index in [4.69, 9.17) is 11.6 Å². The topological polar surface area (TPSA) is 12.0 Å². The molecule has 3 heteroatoms. The molecule has 84 valence electrons. The van der Waals surface area contributed by atoms with E-state index in [9.17, 15) is 0 Å². The van der Waals surface area contributed by atoms with Crippen molar-refractivity contribution in [1.82, 2.24) is 5.32 Å². The molecule has 0 saturated carbocycles. The Labute approximate surface area is 102 Å². The van der Waals surface area contributed by atoms with Gasteiger partial charge >= 0.3 is 0 Å². The molecule has 1 N–H and O–H groups in total. The van der Waals surface area contributed by atoms with Crippen LogP contribution >= 0.6 is 23.4 Å². The Bertz CT molecular complexity index is 301. The van der Waals surface area contributed by atoms with Crippen LogP contribution in [0.5, 0.6) is 0 Å². The van der Waals surface area contributed by atoms with E-state index in [2.05, 4.69) is 32.2 Å². The molecule has 1 unspecified atom stereocenters. The third-order valence-electron chi connectivity index (χ3n) is 1.95. The zero-order chi connectivity index (χ0) is 11.3. The van der Waals surface area contributed by atoms with E-state index in [1.165, 1.54) is 4.90 Å². The van der Waals surface area contributed by atoms with E-state index in [1.54, 1.807) is 0 Å². The zero-order valence-electron chi connectivity index (χ0n) is 9.46. The number of rotatable bonds is 5. The van der Waals surface area contributed by atoms with Crippen molar-refractivity contribution in [2.45, 2.75) is 37.0 Å². The van der Waals surface area contributed by atoms with Crippen LogP contribution in [0.25, 0.3) is 0 Å². The van der Waals surface area contributed by atoms with Crippen molar-refractivity contribution in [2.75, 3.05) is 6.54 Å². The van der Waals surface area contributed by atoms with Crippen LogP contribution in [0.2, 0.25) is 5.02 Å². The number of nitrogens with one attached hydrogen (secondary N) is 1. The van der Waals surface area contributed by atoms with Crippen molar-refractivity contribution in [3.05, 3.63) is 29.3 Å². The molecule has 0 amide bonds. The highest BCUT2D eigenvalue weighted by molar-refractivity contribution is 8.00. The van der Waals surface area contributed by atoms with Gasteiger partial charge in [-0.2, -0.15) is 0 Å². The summed E-state index contributed by atoms with van der Waals surface area (Å²) in [5.74, 6) is 0. The normalized spacial score (nSPS) is 13.1. The highest BCUT2D eigenvalue weighted by atomic mass is 35.5. The van der Waals surface area contributed by atoms with Gasteiger partial charge in [0, 0.05) is 27.8 Å². The molecule has 1 atom stereocenters. The van der Waals surface area contributed by atoms with Crippen molar-refractivity contribution >= 4 is 23.4 Å². The smallest absolute Gasteiger partial charge is 0.0417 e. The highest BCUT2D eigenvalue weighted by Gasteiger charge is 2.05. The third kappa shape index (κ3) is 5.45. The molecule has 1 aromatic rings. The first-order valence-electron chi connectivity index (χ1n) is 5.23. The molecular formula is C12H18ClNS. The lowest BCUT2D eigenvalue weighted by Gasteiger charge is -2.14. The van der Waals surface area contributed by atoms with Crippen LogP contribution in [0.1, 0.15) is 20.8 Å². The molecule has 0 aromatic heterocycles. The predicted molar refractivity (Wildman–Crippen MR) is 69.9 cm³/mol. The maximum Gasteiger partial charge on any atom is 0.0417 e. The Kier molecular flexibility index (Phi) is 5.51. The molecule has 0 aliphatic heterocycles. The minimum absolute atomic E-state index is 0.549. The van der Waals surface area contributed by atoms with Crippen LogP contribution in [0.15, 0.2) is 29.2 Å². The average molecular weight is 244 g/mol. The summed E-state index contributed by atoms with van der Waals surface area (Å²) in [6.07, 6.45) is 0. The minimum Gasteiger partial charge on any atom is -0.313 e. The van der Waals surface area contributed by atoms with E-state index < -0.39 is 0 Å². The van der Waals surface area contributed by atoms with E-state index in [0.29, 0.717) is 11.3 Å². The quantitative estimate of drug-likeness (QED) is 0.790. The molecule has 0 bridgehead atoms. The number of halogens is 1. The van der Waals surface area contributed by atoms with Crippen LogP contribution < -0.4 is 5.32 Å². The van der Waals surface area contributed by atoms with Gasteiger partial charge in [0.1, 0.15) is 0 Å². The highest BCUT2D eigenvalue weighted by Crippen LogP contribution is 2.25. The van der Waals surface area contributed by atoms with Gasteiger partial charge in [0.25, 0.3) is 0 Å². The largest absolute Gasteiger partial charge is 0.313 e. The molecule has 0 radical (unpaired) electrons. The van der Waals surface area contributed by atoms with Gasteiger partial charge in [0.2, 0.25) is 0 Å². The molecule has 0 heterocycles. The van der Waals surface area contributed by atoms with Gasteiger partial charge in [-0.25, -0.2) is 0 Å². The van der Waals surface area contributed by atoms with Crippen LogP contribution in [-0.2, 0) is 0 Å². The van der Waals surface area contributed by atoms with Gasteiger partial charge < -0.3 is 5.32 Å². The molecule has 1 aromatic carbocycles. The summed E-state index contributed by atoms with van der Waals surface area (Å²) >= 11 is 7.78. The summed E-state index contributed by atoms with van der Waals surface area (Å²) in [6.45, 7) is 7.57. The minimum atomic E-state index is 0.549. The van der Waals surface area contributed by atoms with Crippen LogP contribution in [0.3, 0.4) is 0 Å². The second-order valence-electron chi connectivity index (χ2n) is 3.95. The van der Waals surface area contributed by atoms with Crippen molar-refractivity contribution < 1.29 is 0 Å².